The molecular weight excluding hydrogens is 639 g/mol. The molecular formula is C36H31NO8S2. The quantitative estimate of drug-likeness (QED) is 0.112. The summed E-state index contributed by atoms with van der Waals surface area (Å²) in [5.74, 6) is -1.15. The number of esters is 1. The Morgan fingerprint density at radius 3 is 1.70 bits per heavy atom. The summed E-state index contributed by atoms with van der Waals surface area (Å²) in [7, 11) is -8.04. The van der Waals surface area contributed by atoms with Crippen LogP contribution in [0, 0.1) is 0 Å². The van der Waals surface area contributed by atoms with Crippen molar-refractivity contribution < 1.29 is 34.7 Å². The molecule has 0 saturated carbocycles. The topological polar surface area (TPSA) is 118 Å². The Hall–Kier alpha value is -5.13. The molecule has 0 saturated heterocycles. The third kappa shape index (κ3) is 7.48. The van der Waals surface area contributed by atoms with E-state index < -0.39 is 38.4 Å². The fourth-order valence-electron chi connectivity index (χ4n) is 5.68. The highest BCUT2D eigenvalue weighted by Crippen LogP contribution is 2.37. The van der Waals surface area contributed by atoms with Gasteiger partial charge >= 0.3 is 26.2 Å². The van der Waals surface area contributed by atoms with Crippen LogP contribution in [-0.2, 0) is 36.2 Å². The third-order valence-corrected chi connectivity index (χ3v) is 8.59. The van der Waals surface area contributed by atoms with Gasteiger partial charge in [-0.25, -0.2) is 4.79 Å². The maximum absolute atomic E-state index is 14.4. The molecule has 0 spiro atoms. The van der Waals surface area contributed by atoms with Gasteiger partial charge in [-0.2, -0.15) is 16.8 Å². The number of benzene rings is 5. The first-order valence-electron chi connectivity index (χ1n) is 14.7. The number of hydrogen-bond donors (Lipinski definition) is 0. The largest absolute Gasteiger partial charge is 0.451 e. The molecule has 1 heterocycles. The van der Waals surface area contributed by atoms with Crippen LogP contribution in [0.15, 0.2) is 128 Å². The van der Waals surface area contributed by atoms with Crippen molar-refractivity contribution in [1.29, 1.82) is 0 Å². The lowest BCUT2D eigenvalue weighted by Crippen LogP contribution is -2.25. The highest BCUT2D eigenvalue weighted by atomic mass is 32.2. The van der Waals surface area contributed by atoms with Gasteiger partial charge in [-0.15, -0.1) is 0 Å². The molecule has 6 aromatic rings. The Labute approximate surface area is 273 Å². The average Bonchev–Trinajstić information content (AvgIpc) is 3.57. The van der Waals surface area contributed by atoms with Crippen LogP contribution in [0.5, 0.6) is 11.5 Å². The van der Waals surface area contributed by atoms with Gasteiger partial charge in [0.1, 0.15) is 6.04 Å². The molecule has 0 amide bonds. The molecule has 1 aromatic heterocycles. The Morgan fingerprint density at radius 2 is 1.15 bits per heavy atom. The van der Waals surface area contributed by atoms with Crippen LogP contribution in [0.4, 0.5) is 0 Å². The summed E-state index contributed by atoms with van der Waals surface area (Å²) in [4.78, 5) is 14.4. The van der Waals surface area contributed by atoms with Gasteiger partial charge in [-0.05, 0) is 51.4 Å². The van der Waals surface area contributed by atoms with Crippen LogP contribution in [0.2, 0.25) is 0 Å². The summed E-state index contributed by atoms with van der Waals surface area (Å²) in [6, 6.07) is 34.5. The number of ether oxygens (including phenoxy) is 1. The molecule has 0 bridgehead atoms. The fourth-order valence-corrected chi connectivity index (χ4v) is 6.60. The zero-order chi connectivity index (χ0) is 33.2. The molecule has 0 fully saturated rings. The van der Waals surface area contributed by atoms with Crippen LogP contribution >= 0.6 is 0 Å². The normalized spacial score (nSPS) is 12.7. The van der Waals surface area contributed by atoms with Crippen molar-refractivity contribution in [3.05, 3.63) is 144 Å². The molecule has 9 nitrogen and oxygen atoms in total. The van der Waals surface area contributed by atoms with Gasteiger partial charge in [-0.3, -0.25) is 0 Å². The minimum Gasteiger partial charge on any atom is -0.451 e. The Bertz CT molecular complexity index is 2210. The summed E-state index contributed by atoms with van der Waals surface area (Å²) in [5, 5.41) is 3.90. The SMILES string of the molecule is CS(=O)(=O)Oc1ccc(C[C@@H](C(=O)OC(c2cccc3ccccc23)c2cccc3ccccc23)n2cccc2)cc1OS(C)(=O)=O. The van der Waals surface area contributed by atoms with E-state index in [4.69, 9.17) is 13.1 Å². The molecule has 0 aliphatic heterocycles. The van der Waals surface area contributed by atoms with E-state index in [2.05, 4.69) is 0 Å². The van der Waals surface area contributed by atoms with Gasteiger partial charge < -0.3 is 17.7 Å². The highest BCUT2D eigenvalue weighted by molar-refractivity contribution is 7.86. The number of nitrogens with zero attached hydrogens (tertiary/aromatic N) is 1. The lowest BCUT2D eigenvalue weighted by Gasteiger charge is -2.26. The molecule has 1 atom stereocenters. The molecule has 47 heavy (non-hydrogen) atoms. The Balaban J connectivity index is 1.42. The van der Waals surface area contributed by atoms with Crippen molar-refractivity contribution >= 4 is 47.8 Å². The first-order valence-corrected chi connectivity index (χ1v) is 18.3. The second-order valence-electron chi connectivity index (χ2n) is 11.2. The van der Waals surface area contributed by atoms with Gasteiger partial charge in [0.2, 0.25) is 0 Å². The summed E-state index contributed by atoms with van der Waals surface area (Å²) in [5.41, 5.74) is 2.13. The molecule has 6 rings (SSSR count). The van der Waals surface area contributed by atoms with Gasteiger partial charge in [0.25, 0.3) is 0 Å². The molecule has 0 radical (unpaired) electrons. The van der Waals surface area contributed by atoms with Crippen LogP contribution in [0.3, 0.4) is 0 Å². The first-order chi connectivity index (χ1) is 22.4. The predicted molar refractivity (Wildman–Crippen MR) is 180 cm³/mol. The number of aromatic nitrogens is 1. The van der Waals surface area contributed by atoms with Crippen molar-refractivity contribution in [3.63, 3.8) is 0 Å². The Kier molecular flexibility index (Phi) is 8.76. The van der Waals surface area contributed by atoms with E-state index in [0.29, 0.717) is 5.56 Å². The van der Waals surface area contributed by atoms with Gasteiger partial charge in [0, 0.05) is 29.9 Å². The van der Waals surface area contributed by atoms with Crippen molar-refractivity contribution in [2.75, 3.05) is 12.5 Å². The molecule has 0 aliphatic carbocycles. The van der Waals surface area contributed by atoms with E-state index in [0.717, 1.165) is 45.2 Å². The number of fused-ring (bicyclic) bond motifs is 2. The number of carbonyl (C=O) groups is 1. The highest BCUT2D eigenvalue weighted by Gasteiger charge is 2.29. The van der Waals surface area contributed by atoms with Gasteiger partial charge in [0.15, 0.2) is 17.6 Å². The van der Waals surface area contributed by atoms with Crippen LogP contribution in [0.25, 0.3) is 21.5 Å². The maximum Gasteiger partial charge on any atom is 0.330 e. The lowest BCUT2D eigenvalue weighted by atomic mass is 9.92. The third-order valence-electron chi connectivity index (χ3n) is 7.62. The Morgan fingerprint density at radius 1 is 0.638 bits per heavy atom. The second kappa shape index (κ2) is 12.9. The van der Waals surface area contributed by atoms with Crippen molar-refractivity contribution in [2.24, 2.45) is 0 Å². The second-order valence-corrected chi connectivity index (χ2v) is 14.3. The van der Waals surface area contributed by atoms with Gasteiger partial charge in [-0.1, -0.05) is 91.0 Å². The number of hydrogen-bond acceptors (Lipinski definition) is 8. The zero-order valence-corrected chi connectivity index (χ0v) is 27.1. The van der Waals surface area contributed by atoms with E-state index in [1.165, 1.54) is 12.1 Å². The summed E-state index contributed by atoms with van der Waals surface area (Å²) in [6.07, 6.45) is 4.45. The van der Waals surface area contributed by atoms with Crippen LogP contribution in [-0.4, -0.2) is 39.9 Å². The first kappa shape index (κ1) is 31.8. The van der Waals surface area contributed by atoms with Crippen LogP contribution < -0.4 is 8.37 Å². The summed E-state index contributed by atoms with van der Waals surface area (Å²) in [6.45, 7) is 0. The minimum absolute atomic E-state index is 0.0601. The van der Waals surface area contributed by atoms with E-state index in [1.54, 1.807) is 35.2 Å². The average molecular weight is 670 g/mol. The maximum atomic E-state index is 14.4. The molecule has 240 valence electrons. The van der Waals surface area contributed by atoms with Crippen molar-refractivity contribution in [3.8, 4) is 11.5 Å². The predicted octanol–water partition coefficient (Wildman–Crippen LogP) is 6.59. The fraction of sp³-hybridized carbons (Fsp3) is 0.139. The lowest BCUT2D eigenvalue weighted by molar-refractivity contribution is -0.151. The number of carbonyl (C=O) groups excluding carboxylic acids is 1. The number of rotatable bonds is 11. The van der Waals surface area contributed by atoms with E-state index >= 15 is 0 Å². The molecule has 0 unspecified atom stereocenters. The summed E-state index contributed by atoms with van der Waals surface area (Å²) >= 11 is 0. The van der Waals surface area contributed by atoms with Gasteiger partial charge in [0.05, 0.1) is 12.5 Å². The minimum atomic E-state index is -4.04. The van der Waals surface area contributed by atoms with E-state index in [1.807, 2.05) is 84.9 Å². The molecule has 0 N–H and O–H groups in total. The standard InChI is InChI=1S/C36H31NO8S2/c1-46(39,40)44-33-20-19-25(24-34(33)45-47(2,41)42)23-32(37-21-7-8-22-37)36(38)43-35(30-17-9-13-26-11-3-5-15-28(26)30)31-18-10-14-27-12-4-6-16-29(27)31/h3-22,24,32,35H,23H2,1-2H3/t32-/m0/s1. The monoisotopic (exact) mass is 669 g/mol. The molecule has 11 heteroatoms. The van der Waals surface area contributed by atoms with E-state index in [9.17, 15) is 21.6 Å². The smallest absolute Gasteiger partial charge is 0.330 e. The van der Waals surface area contributed by atoms with Crippen LogP contribution in [0.1, 0.15) is 28.8 Å². The zero-order valence-electron chi connectivity index (χ0n) is 25.5. The molecule has 5 aromatic carbocycles. The van der Waals surface area contributed by atoms with Crippen molar-refractivity contribution in [2.45, 2.75) is 18.6 Å². The van der Waals surface area contributed by atoms with Crippen molar-refractivity contribution in [1.82, 2.24) is 4.57 Å². The summed E-state index contributed by atoms with van der Waals surface area (Å²) < 4.78 is 66.0. The van der Waals surface area contributed by atoms with E-state index in [-0.39, 0.29) is 17.9 Å². The molecule has 0 aliphatic rings.